The summed E-state index contributed by atoms with van der Waals surface area (Å²) in [5.41, 5.74) is 9.61. The van der Waals surface area contributed by atoms with Gasteiger partial charge in [0.15, 0.2) is 0 Å². The molecule has 0 spiro atoms. The van der Waals surface area contributed by atoms with Crippen molar-refractivity contribution in [3.63, 3.8) is 0 Å². The number of urea groups is 1. The van der Waals surface area contributed by atoms with E-state index in [1.165, 1.54) is 18.4 Å². The predicted molar refractivity (Wildman–Crippen MR) is 66.2 cm³/mol. The zero-order valence-electron chi connectivity index (χ0n) is 10.1. The van der Waals surface area contributed by atoms with Crippen LogP contribution in [-0.4, -0.2) is 11.7 Å². The molecule has 1 aliphatic carbocycles. The molecule has 90 valence electrons. The molecule has 1 rings (SSSR count). The normalized spacial score (nSPS) is 17.2. The lowest BCUT2D eigenvalue weighted by Gasteiger charge is -2.16. The molecule has 0 aliphatic heterocycles. The number of amides is 2. The SMILES string of the molecule is CC(C)C/C(=N\NC(N)=O)C1=CCCCC1. The van der Waals surface area contributed by atoms with Gasteiger partial charge in [-0.25, -0.2) is 10.2 Å². The number of carbonyl (C=O) groups excluding carboxylic acids is 1. The summed E-state index contributed by atoms with van der Waals surface area (Å²) < 4.78 is 0. The smallest absolute Gasteiger partial charge is 0.332 e. The highest BCUT2D eigenvalue weighted by molar-refractivity contribution is 6.00. The van der Waals surface area contributed by atoms with Gasteiger partial charge in [-0.05, 0) is 43.6 Å². The van der Waals surface area contributed by atoms with E-state index in [9.17, 15) is 4.79 Å². The van der Waals surface area contributed by atoms with Crippen molar-refractivity contribution in [2.45, 2.75) is 46.0 Å². The zero-order valence-corrected chi connectivity index (χ0v) is 10.1. The van der Waals surface area contributed by atoms with E-state index in [4.69, 9.17) is 5.73 Å². The Hall–Kier alpha value is -1.32. The predicted octanol–water partition coefficient (Wildman–Crippen LogP) is 2.56. The van der Waals surface area contributed by atoms with E-state index in [1.54, 1.807) is 0 Å². The molecule has 0 aromatic carbocycles. The van der Waals surface area contributed by atoms with Crippen LogP contribution in [0.2, 0.25) is 0 Å². The third kappa shape index (κ3) is 4.47. The lowest BCUT2D eigenvalue weighted by atomic mass is 9.92. The second-order valence-corrected chi connectivity index (χ2v) is 4.61. The van der Waals surface area contributed by atoms with Gasteiger partial charge in [0, 0.05) is 0 Å². The molecule has 0 saturated heterocycles. The molecule has 0 fully saturated rings. The number of rotatable bonds is 4. The Labute approximate surface area is 97.0 Å². The highest BCUT2D eigenvalue weighted by Gasteiger charge is 2.12. The molecule has 1 aliphatic rings. The third-order valence-electron chi connectivity index (χ3n) is 2.56. The molecule has 0 saturated carbocycles. The topological polar surface area (TPSA) is 67.5 Å². The van der Waals surface area contributed by atoms with Crippen molar-refractivity contribution < 1.29 is 4.79 Å². The number of nitrogens with two attached hydrogens (primary N) is 1. The van der Waals surface area contributed by atoms with Gasteiger partial charge in [0.05, 0.1) is 5.71 Å². The van der Waals surface area contributed by atoms with Crippen molar-refractivity contribution in [3.05, 3.63) is 11.6 Å². The van der Waals surface area contributed by atoms with Crippen LogP contribution in [0.15, 0.2) is 16.8 Å². The Morgan fingerprint density at radius 3 is 2.81 bits per heavy atom. The van der Waals surface area contributed by atoms with Gasteiger partial charge in [0.25, 0.3) is 0 Å². The highest BCUT2D eigenvalue weighted by atomic mass is 16.2. The standard InChI is InChI=1S/C12H21N3O/c1-9(2)8-11(14-15-12(13)16)10-6-4-3-5-7-10/h6,9H,3-5,7-8H2,1-2H3,(H3,13,15,16)/b14-11+. The Bertz CT molecular complexity index is 305. The highest BCUT2D eigenvalue weighted by Crippen LogP contribution is 2.21. The summed E-state index contributed by atoms with van der Waals surface area (Å²) in [5.74, 6) is 0.524. The van der Waals surface area contributed by atoms with Gasteiger partial charge < -0.3 is 5.73 Å². The molecule has 0 unspecified atom stereocenters. The van der Waals surface area contributed by atoms with Crippen LogP contribution in [0.1, 0.15) is 46.0 Å². The summed E-state index contributed by atoms with van der Waals surface area (Å²) in [6.45, 7) is 4.28. The lowest BCUT2D eigenvalue weighted by Crippen LogP contribution is -2.26. The lowest BCUT2D eigenvalue weighted by molar-refractivity contribution is 0.249. The molecule has 0 atom stereocenters. The molecular formula is C12H21N3O. The first-order valence-electron chi connectivity index (χ1n) is 5.91. The maximum absolute atomic E-state index is 10.7. The van der Waals surface area contributed by atoms with Crippen LogP contribution in [0.25, 0.3) is 0 Å². The maximum atomic E-state index is 10.7. The molecule has 4 heteroatoms. The molecule has 0 aromatic rings. The molecule has 0 radical (unpaired) electrons. The van der Waals surface area contributed by atoms with Crippen molar-refractivity contribution in [3.8, 4) is 0 Å². The average Bonchev–Trinajstić information content (AvgIpc) is 2.25. The first kappa shape index (κ1) is 12.7. The Balaban J connectivity index is 2.73. The minimum Gasteiger partial charge on any atom is -0.350 e. The average molecular weight is 223 g/mol. The van der Waals surface area contributed by atoms with Gasteiger partial charge in [-0.2, -0.15) is 5.10 Å². The summed E-state index contributed by atoms with van der Waals surface area (Å²) >= 11 is 0. The number of carbonyl (C=O) groups is 1. The minimum absolute atomic E-state index is 0.524. The van der Waals surface area contributed by atoms with Crippen LogP contribution < -0.4 is 11.2 Å². The quantitative estimate of drug-likeness (QED) is 0.558. The Morgan fingerprint density at radius 2 is 2.31 bits per heavy atom. The largest absolute Gasteiger partial charge is 0.350 e. The van der Waals surface area contributed by atoms with E-state index in [0.29, 0.717) is 5.92 Å². The van der Waals surface area contributed by atoms with E-state index < -0.39 is 6.03 Å². The van der Waals surface area contributed by atoms with Crippen LogP contribution in [0.4, 0.5) is 4.79 Å². The Kier molecular flexibility index (Phi) is 5.02. The van der Waals surface area contributed by atoms with Gasteiger partial charge >= 0.3 is 6.03 Å². The van der Waals surface area contributed by atoms with Crippen LogP contribution in [0.5, 0.6) is 0 Å². The van der Waals surface area contributed by atoms with Crippen molar-refractivity contribution in [1.82, 2.24) is 5.43 Å². The van der Waals surface area contributed by atoms with Gasteiger partial charge in [-0.15, -0.1) is 0 Å². The number of hydrogen-bond donors (Lipinski definition) is 2. The molecule has 0 heterocycles. The third-order valence-corrected chi connectivity index (χ3v) is 2.56. The second-order valence-electron chi connectivity index (χ2n) is 4.61. The summed E-state index contributed by atoms with van der Waals surface area (Å²) in [6.07, 6.45) is 7.75. The second kappa shape index (κ2) is 6.30. The fraction of sp³-hybridized carbons (Fsp3) is 0.667. The molecule has 2 amide bonds. The molecule has 4 nitrogen and oxygen atoms in total. The number of nitrogens with one attached hydrogen (secondary N) is 1. The fourth-order valence-corrected chi connectivity index (χ4v) is 1.86. The van der Waals surface area contributed by atoms with E-state index in [1.807, 2.05) is 0 Å². The van der Waals surface area contributed by atoms with Crippen molar-refractivity contribution in [2.75, 3.05) is 0 Å². The van der Waals surface area contributed by atoms with Gasteiger partial charge in [0.1, 0.15) is 0 Å². The molecule has 16 heavy (non-hydrogen) atoms. The van der Waals surface area contributed by atoms with Gasteiger partial charge in [-0.1, -0.05) is 19.9 Å². The number of primary amides is 1. The molecule has 0 bridgehead atoms. The fourth-order valence-electron chi connectivity index (χ4n) is 1.86. The van der Waals surface area contributed by atoms with Gasteiger partial charge in [-0.3, -0.25) is 0 Å². The van der Waals surface area contributed by atoms with E-state index in [-0.39, 0.29) is 0 Å². The first-order chi connectivity index (χ1) is 7.59. The summed E-state index contributed by atoms with van der Waals surface area (Å²) in [6, 6.07) is -0.599. The van der Waals surface area contributed by atoms with Gasteiger partial charge in [0.2, 0.25) is 0 Å². The van der Waals surface area contributed by atoms with E-state index >= 15 is 0 Å². The summed E-state index contributed by atoms with van der Waals surface area (Å²) in [5, 5.41) is 4.11. The van der Waals surface area contributed by atoms with Crippen molar-refractivity contribution >= 4 is 11.7 Å². The number of hydrazone groups is 1. The number of nitrogens with zero attached hydrogens (tertiary/aromatic N) is 1. The maximum Gasteiger partial charge on any atom is 0.332 e. The number of allylic oxidation sites excluding steroid dienone is 2. The van der Waals surface area contributed by atoms with Crippen LogP contribution in [0.3, 0.4) is 0 Å². The zero-order chi connectivity index (χ0) is 12.0. The minimum atomic E-state index is -0.599. The Morgan fingerprint density at radius 1 is 1.56 bits per heavy atom. The first-order valence-corrected chi connectivity index (χ1v) is 5.91. The summed E-state index contributed by atoms with van der Waals surface area (Å²) in [7, 11) is 0. The van der Waals surface area contributed by atoms with Crippen LogP contribution >= 0.6 is 0 Å². The summed E-state index contributed by atoms with van der Waals surface area (Å²) in [4.78, 5) is 10.7. The number of hydrogen-bond acceptors (Lipinski definition) is 2. The molecule has 3 N–H and O–H groups in total. The van der Waals surface area contributed by atoms with E-state index in [2.05, 4.69) is 30.5 Å². The van der Waals surface area contributed by atoms with Crippen molar-refractivity contribution in [1.29, 1.82) is 0 Å². The molecule has 0 aromatic heterocycles. The van der Waals surface area contributed by atoms with Crippen LogP contribution in [0, 0.1) is 5.92 Å². The van der Waals surface area contributed by atoms with E-state index in [0.717, 1.165) is 25.0 Å². The van der Waals surface area contributed by atoms with Crippen molar-refractivity contribution in [2.24, 2.45) is 16.8 Å². The van der Waals surface area contributed by atoms with Crippen LogP contribution in [-0.2, 0) is 0 Å². The monoisotopic (exact) mass is 223 g/mol. The molecular weight excluding hydrogens is 202 g/mol.